The Morgan fingerprint density at radius 1 is 1.10 bits per heavy atom. The van der Waals surface area contributed by atoms with Crippen molar-refractivity contribution >= 4 is 11.2 Å². The largest absolute Gasteiger partial charge is 0.508 e. The first-order valence-electron chi connectivity index (χ1n) is 10.0. The Hall–Kier alpha value is -2.78. The summed E-state index contributed by atoms with van der Waals surface area (Å²) < 4.78 is 12.5. The number of phenols is 1. The van der Waals surface area contributed by atoms with Crippen LogP contribution in [0.4, 0.5) is 0 Å². The van der Waals surface area contributed by atoms with Gasteiger partial charge in [0, 0.05) is 29.8 Å². The van der Waals surface area contributed by atoms with Crippen LogP contribution in [0.1, 0.15) is 46.6 Å². The maximum Gasteiger partial charge on any atom is 0.201 e. The van der Waals surface area contributed by atoms with Gasteiger partial charge < -0.3 is 19.9 Å². The molecule has 9 heteroatoms. The molecule has 0 spiro atoms. The number of benzene rings is 1. The first-order valence-corrected chi connectivity index (χ1v) is 10.0. The Bertz CT molecular complexity index is 1050. The average molecular weight is 412 g/mol. The molecule has 0 bridgehead atoms. The Morgan fingerprint density at radius 2 is 1.83 bits per heavy atom. The van der Waals surface area contributed by atoms with E-state index in [0.717, 1.165) is 12.8 Å². The van der Waals surface area contributed by atoms with Gasteiger partial charge in [-0.15, -0.1) is 15.3 Å². The summed E-state index contributed by atoms with van der Waals surface area (Å²) in [7, 11) is 1.54. The van der Waals surface area contributed by atoms with Crippen LogP contribution in [-0.4, -0.2) is 55.3 Å². The van der Waals surface area contributed by atoms with E-state index in [4.69, 9.17) is 9.47 Å². The van der Waals surface area contributed by atoms with E-state index in [1.807, 2.05) is 10.7 Å². The number of aromatic nitrogens is 5. The molecule has 30 heavy (non-hydrogen) atoms. The van der Waals surface area contributed by atoms with E-state index in [9.17, 15) is 5.11 Å². The first kappa shape index (κ1) is 20.5. The fraction of sp³-hybridized carbons (Fsp3) is 0.524. The molecule has 0 atom stereocenters. The van der Waals surface area contributed by atoms with Crippen molar-refractivity contribution < 1.29 is 14.6 Å². The van der Waals surface area contributed by atoms with Crippen LogP contribution >= 0.6 is 0 Å². The molecule has 1 aliphatic heterocycles. The van der Waals surface area contributed by atoms with Crippen molar-refractivity contribution in [2.45, 2.75) is 57.7 Å². The minimum Gasteiger partial charge on any atom is -0.508 e. The van der Waals surface area contributed by atoms with E-state index in [0.29, 0.717) is 28.2 Å². The number of phenolic OH excluding ortho intramolecular Hbond substituents is 1. The third kappa shape index (κ3) is 4.08. The predicted molar refractivity (Wildman–Crippen MR) is 112 cm³/mol. The molecule has 0 radical (unpaired) electrons. The molecule has 2 aromatic heterocycles. The number of aromatic hydroxyl groups is 1. The van der Waals surface area contributed by atoms with Crippen LogP contribution in [0, 0.1) is 0 Å². The van der Waals surface area contributed by atoms with Crippen LogP contribution in [0.15, 0.2) is 24.3 Å². The third-order valence-corrected chi connectivity index (χ3v) is 5.31. The monoisotopic (exact) mass is 412 g/mol. The van der Waals surface area contributed by atoms with Gasteiger partial charge in [0.15, 0.2) is 6.79 Å². The highest BCUT2D eigenvalue weighted by molar-refractivity contribution is 5.77. The van der Waals surface area contributed by atoms with Crippen molar-refractivity contribution in [3.05, 3.63) is 24.3 Å². The molecule has 1 saturated heterocycles. The summed E-state index contributed by atoms with van der Waals surface area (Å²) in [6, 6.07) is 6.86. The van der Waals surface area contributed by atoms with E-state index in [1.54, 1.807) is 12.1 Å². The van der Waals surface area contributed by atoms with Gasteiger partial charge in [-0.25, -0.2) is 4.68 Å². The molecule has 0 unspecified atom stereocenters. The lowest BCUT2D eigenvalue weighted by Gasteiger charge is -2.46. The molecule has 0 amide bonds. The molecule has 0 aliphatic carbocycles. The number of nitrogens with zero attached hydrogens (tertiary/aromatic N) is 5. The maximum absolute atomic E-state index is 9.80. The van der Waals surface area contributed by atoms with Crippen LogP contribution < -0.4 is 10.1 Å². The molecule has 1 fully saturated rings. The van der Waals surface area contributed by atoms with Crippen LogP contribution in [0.25, 0.3) is 22.4 Å². The Balaban J connectivity index is 1.70. The molecule has 1 aromatic carbocycles. The van der Waals surface area contributed by atoms with Gasteiger partial charge in [0.25, 0.3) is 0 Å². The number of rotatable bonds is 5. The minimum atomic E-state index is -0.0162. The number of hydrogen-bond donors (Lipinski definition) is 2. The van der Waals surface area contributed by atoms with Crippen molar-refractivity contribution in [3.63, 3.8) is 0 Å². The van der Waals surface area contributed by atoms with Gasteiger partial charge in [-0.05, 0) is 58.7 Å². The van der Waals surface area contributed by atoms with Gasteiger partial charge in [0.1, 0.15) is 17.0 Å². The van der Waals surface area contributed by atoms with Crippen LogP contribution in [-0.2, 0) is 4.74 Å². The Morgan fingerprint density at radius 3 is 2.53 bits per heavy atom. The summed E-state index contributed by atoms with van der Waals surface area (Å²) in [6.07, 6.45) is 1.84. The second-order valence-electron chi connectivity index (χ2n) is 9.16. The van der Waals surface area contributed by atoms with E-state index in [1.165, 1.54) is 13.2 Å². The zero-order valence-corrected chi connectivity index (χ0v) is 18.0. The van der Waals surface area contributed by atoms with Gasteiger partial charge in [0.2, 0.25) is 5.65 Å². The van der Waals surface area contributed by atoms with Crippen molar-refractivity contribution in [3.8, 4) is 22.8 Å². The third-order valence-electron chi connectivity index (χ3n) is 5.31. The molecular weight excluding hydrogens is 384 g/mol. The predicted octanol–water partition coefficient (Wildman–Crippen LogP) is 3.06. The molecule has 1 aliphatic rings. The molecule has 4 rings (SSSR count). The smallest absolute Gasteiger partial charge is 0.201 e. The van der Waals surface area contributed by atoms with Crippen LogP contribution in [0.2, 0.25) is 0 Å². The molecule has 0 saturated carbocycles. The van der Waals surface area contributed by atoms with Gasteiger partial charge in [-0.3, -0.25) is 0 Å². The Labute approximate surface area is 175 Å². The van der Waals surface area contributed by atoms with Crippen molar-refractivity contribution in [1.29, 1.82) is 0 Å². The molecule has 160 valence electrons. The molecule has 3 aromatic rings. The summed E-state index contributed by atoms with van der Waals surface area (Å²) >= 11 is 0. The molecular formula is C21H28N6O3. The van der Waals surface area contributed by atoms with Gasteiger partial charge in [-0.1, -0.05) is 5.21 Å². The van der Waals surface area contributed by atoms with E-state index in [2.05, 4.69) is 53.5 Å². The number of methoxy groups -OCH3 is 1. The summed E-state index contributed by atoms with van der Waals surface area (Å²) in [6.45, 7) is 8.88. The summed E-state index contributed by atoms with van der Waals surface area (Å²) in [4.78, 5) is 0. The van der Waals surface area contributed by atoms with Crippen molar-refractivity contribution in [1.82, 2.24) is 30.5 Å². The zero-order valence-electron chi connectivity index (χ0n) is 18.0. The van der Waals surface area contributed by atoms with E-state index < -0.39 is 0 Å². The van der Waals surface area contributed by atoms with E-state index in [-0.39, 0.29) is 29.7 Å². The molecule has 2 N–H and O–H groups in total. The highest BCUT2D eigenvalue weighted by atomic mass is 16.7. The number of fused-ring (bicyclic) bond motifs is 1. The molecule has 9 nitrogen and oxygen atoms in total. The van der Waals surface area contributed by atoms with Gasteiger partial charge in [0.05, 0.1) is 11.7 Å². The summed E-state index contributed by atoms with van der Waals surface area (Å²) in [5.41, 5.74) is 2.58. The SMILES string of the molecule is COCOc1cc(O)ccc1-c1cc2nnn(C3CC(C)(C)NC(C)(C)C3)c2nn1. The quantitative estimate of drug-likeness (QED) is 0.616. The Kier molecular flexibility index (Phi) is 5.11. The fourth-order valence-electron chi connectivity index (χ4n) is 4.53. The lowest BCUT2D eigenvalue weighted by molar-refractivity contribution is 0.0514. The number of nitrogens with one attached hydrogen (secondary N) is 1. The average Bonchev–Trinajstić information content (AvgIpc) is 3.07. The fourth-order valence-corrected chi connectivity index (χ4v) is 4.53. The molecule has 3 heterocycles. The number of piperidine rings is 1. The summed E-state index contributed by atoms with van der Waals surface area (Å²) in [5.74, 6) is 0.556. The summed E-state index contributed by atoms with van der Waals surface area (Å²) in [5, 5.41) is 31.1. The number of hydrogen-bond acceptors (Lipinski definition) is 8. The van der Waals surface area contributed by atoms with Crippen LogP contribution in [0.3, 0.4) is 0 Å². The van der Waals surface area contributed by atoms with Crippen LogP contribution in [0.5, 0.6) is 11.5 Å². The normalized spacial score (nSPS) is 18.6. The topological polar surface area (TPSA) is 107 Å². The van der Waals surface area contributed by atoms with Crippen molar-refractivity contribution in [2.75, 3.05) is 13.9 Å². The zero-order chi connectivity index (χ0) is 21.5. The van der Waals surface area contributed by atoms with E-state index >= 15 is 0 Å². The second-order valence-corrected chi connectivity index (χ2v) is 9.16. The highest BCUT2D eigenvalue weighted by Crippen LogP contribution is 2.37. The highest BCUT2D eigenvalue weighted by Gasteiger charge is 2.39. The van der Waals surface area contributed by atoms with Gasteiger partial charge in [-0.2, -0.15) is 0 Å². The lowest BCUT2D eigenvalue weighted by Crippen LogP contribution is -2.58. The standard InChI is InChI=1S/C21H28N6O3/c1-20(2)10-13(11-21(3,4)25-20)27-19-17(23-26-27)9-16(22-24-19)15-7-6-14(28)8-18(15)30-12-29-5/h6-9,13,25,28H,10-12H2,1-5H3. The van der Waals surface area contributed by atoms with Gasteiger partial charge >= 0.3 is 0 Å². The minimum absolute atomic E-state index is 0.0162. The number of ether oxygens (including phenoxy) is 2. The maximum atomic E-state index is 9.80. The first-order chi connectivity index (χ1) is 14.2. The lowest BCUT2D eigenvalue weighted by atomic mass is 9.80. The van der Waals surface area contributed by atoms with Crippen molar-refractivity contribution in [2.24, 2.45) is 0 Å². The second kappa shape index (κ2) is 7.48.